The summed E-state index contributed by atoms with van der Waals surface area (Å²) in [5.74, 6) is 0.624. The minimum atomic E-state index is -0.658. The van der Waals surface area contributed by atoms with Gasteiger partial charge in [0.05, 0.1) is 0 Å². The number of fused-ring (bicyclic) bond motifs is 1. The molecule has 0 spiro atoms. The summed E-state index contributed by atoms with van der Waals surface area (Å²) in [6.07, 6.45) is 1.03. The first-order valence-corrected chi connectivity index (χ1v) is 6.75. The Labute approximate surface area is 119 Å². The van der Waals surface area contributed by atoms with Gasteiger partial charge in [-0.2, -0.15) is 0 Å². The second-order valence-electron chi connectivity index (χ2n) is 6.30. The first kappa shape index (κ1) is 14.7. The van der Waals surface area contributed by atoms with Crippen LogP contribution in [0.3, 0.4) is 0 Å². The Kier molecular flexibility index (Phi) is 3.65. The van der Waals surface area contributed by atoms with Gasteiger partial charge in [-0.1, -0.05) is 0 Å². The van der Waals surface area contributed by atoms with Crippen LogP contribution in [0.15, 0.2) is 18.2 Å². The lowest BCUT2D eigenvalue weighted by molar-refractivity contribution is -0.116. The first-order valence-electron chi connectivity index (χ1n) is 6.75. The maximum Gasteiger partial charge on any atom is 0.246 e. The van der Waals surface area contributed by atoms with Crippen LogP contribution >= 0.6 is 0 Å². The number of nitrogens with one attached hydrogen (secondary N) is 1. The summed E-state index contributed by atoms with van der Waals surface area (Å²) < 4.78 is 11.2. The fourth-order valence-corrected chi connectivity index (χ4v) is 1.96. The number of benzene rings is 1. The van der Waals surface area contributed by atoms with Crippen molar-refractivity contribution in [1.29, 1.82) is 0 Å². The van der Waals surface area contributed by atoms with Crippen LogP contribution in [0.25, 0.3) is 0 Å². The molecule has 1 aromatic carbocycles. The molecule has 1 amide bonds. The standard InChI is InChI=1S/C15H22N2O3/c1-14(2,16)8-7-13(18)17-10-5-6-11-12(9-10)20-15(3,4)19-11/h5-6,9H,7-8,16H2,1-4H3,(H,17,18). The minimum absolute atomic E-state index is 0.0540. The Bertz CT molecular complexity index is 518. The normalized spacial score (nSPS) is 16.1. The van der Waals surface area contributed by atoms with Crippen LogP contribution in [0.2, 0.25) is 0 Å². The first-order chi connectivity index (χ1) is 9.15. The van der Waals surface area contributed by atoms with E-state index in [0.29, 0.717) is 30.0 Å². The van der Waals surface area contributed by atoms with Crippen LogP contribution in [0.1, 0.15) is 40.5 Å². The largest absolute Gasteiger partial charge is 0.449 e. The monoisotopic (exact) mass is 278 g/mol. The lowest BCUT2D eigenvalue weighted by atomic mass is 10.00. The number of nitrogens with two attached hydrogens (primary N) is 1. The molecule has 3 N–H and O–H groups in total. The van der Waals surface area contributed by atoms with Crippen molar-refractivity contribution in [3.05, 3.63) is 18.2 Å². The minimum Gasteiger partial charge on any atom is -0.449 e. The van der Waals surface area contributed by atoms with Gasteiger partial charge in [0.25, 0.3) is 0 Å². The highest BCUT2D eigenvalue weighted by atomic mass is 16.7. The highest BCUT2D eigenvalue weighted by Gasteiger charge is 2.31. The van der Waals surface area contributed by atoms with E-state index in [1.807, 2.05) is 27.7 Å². The quantitative estimate of drug-likeness (QED) is 0.888. The molecule has 1 aromatic rings. The summed E-state index contributed by atoms with van der Waals surface area (Å²) in [5, 5.41) is 2.84. The third-order valence-corrected chi connectivity index (χ3v) is 2.94. The Hall–Kier alpha value is -1.75. The van der Waals surface area contributed by atoms with Gasteiger partial charge >= 0.3 is 0 Å². The summed E-state index contributed by atoms with van der Waals surface area (Å²) in [5.41, 5.74) is 6.23. The number of carbonyl (C=O) groups excluding carboxylic acids is 1. The van der Waals surface area contributed by atoms with E-state index in [4.69, 9.17) is 15.2 Å². The van der Waals surface area contributed by atoms with E-state index >= 15 is 0 Å². The third kappa shape index (κ3) is 3.87. The number of anilines is 1. The number of amides is 1. The molecule has 0 bridgehead atoms. The Morgan fingerprint density at radius 1 is 1.30 bits per heavy atom. The van der Waals surface area contributed by atoms with Crippen LogP contribution in [-0.2, 0) is 4.79 Å². The lowest BCUT2D eigenvalue weighted by Crippen LogP contribution is -2.33. The molecule has 20 heavy (non-hydrogen) atoms. The van der Waals surface area contributed by atoms with E-state index in [2.05, 4.69) is 5.32 Å². The van der Waals surface area contributed by atoms with Crippen molar-refractivity contribution >= 4 is 11.6 Å². The zero-order valence-corrected chi connectivity index (χ0v) is 12.4. The molecule has 0 atom stereocenters. The smallest absolute Gasteiger partial charge is 0.246 e. The Morgan fingerprint density at radius 2 is 1.95 bits per heavy atom. The molecule has 2 rings (SSSR count). The van der Waals surface area contributed by atoms with E-state index in [1.54, 1.807) is 18.2 Å². The van der Waals surface area contributed by atoms with Crippen LogP contribution in [0.5, 0.6) is 11.5 Å². The van der Waals surface area contributed by atoms with Crippen LogP contribution in [0, 0.1) is 0 Å². The molecule has 1 heterocycles. The summed E-state index contributed by atoms with van der Waals surface area (Å²) in [7, 11) is 0. The SMILES string of the molecule is CC(C)(N)CCC(=O)Nc1ccc2c(c1)OC(C)(C)O2. The van der Waals surface area contributed by atoms with Crippen molar-refractivity contribution in [3.63, 3.8) is 0 Å². The van der Waals surface area contributed by atoms with Crippen molar-refractivity contribution in [3.8, 4) is 11.5 Å². The van der Waals surface area contributed by atoms with E-state index < -0.39 is 5.79 Å². The van der Waals surface area contributed by atoms with Crippen LogP contribution in [0.4, 0.5) is 5.69 Å². The molecule has 0 saturated heterocycles. The van der Waals surface area contributed by atoms with E-state index in [1.165, 1.54) is 0 Å². The molecule has 0 aliphatic carbocycles. The van der Waals surface area contributed by atoms with E-state index in [-0.39, 0.29) is 11.4 Å². The van der Waals surface area contributed by atoms with Crippen LogP contribution < -0.4 is 20.5 Å². The maximum atomic E-state index is 11.8. The molecular formula is C15H22N2O3. The average Bonchev–Trinajstić information content (AvgIpc) is 2.59. The van der Waals surface area contributed by atoms with Gasteiger partial charge < -0.3 is 20.5 Å². The lowest BCUT2D eigenvalue weighted by Gasteiger charge is -2.17. The number of hydrogen-bond acceptors (Lipinski definition) is 4. The molecule has 110 valence electrons. The second kappa shape index (κ2) is 4.98. The second-order valence-corrected chi connectivity index (χ2v) is 6.30. The van der Waals surface area contributed by atoms with E-state index in [9.17, 15) is 4.79 Å². The zero-order valence-electron chi connectivity index (χ0n) is 12.4. The van der Waals surface area contributed by atoms with Gasteiger partial charge in [0, 0.05) is 37.6 Å². The molecule has 0 fully saturated rings. The number of rotatable bonds is 4. The molecule has 1 aliphatic heterocycles. The van der Waals surface area contributed by atoms with E-state index in [0.717, 1.165) is 0 Å². The third-order valence-electron chi connectivity index (χ3n) is 2.94. The highest BCUT2D eigenvalue weighted by molar-refractivity contribution is 5.91. The van der Waals surface area contributed by atoms with Gasteiger partial charge in [-0.05, 0) is 32.4 Å². The van der Waals surface area contributed by atoms with Crippen LogP contribution in [-0.4, -0.2) is 17.2 Å². The van der Waals surface area contributed by atoms with Gasteiger partial charge in [-0.3, -0.25) is 4.79 Å². The van der Waals surface area contributed by atoms with Gasteiger partial charge in [0.2, 0.25) is 11.7 Å². The topological polar surface area (TPSA) is 73.6 Å². The predicted molar refractivity (Wildman–Crippen MR) is 77.9 cm³/mol. The average molecular weight is 278 g/mol. The van der Waals surface area contributed by atoms with Gasteiger partial charge in [0.1, 0.15) is 0 Å². The molecule has 0 aromatic heterocycles. The number of carbonyl (C=O) groups is 1. The summed E-state index contributed by atoms with van der Waals surface area (Å²) >= 11 is 0. The van der Waals surface area contributed by atoms with Gasteiger partial charge in [0.15, 0.2) is 11.5 Å². The van der Waals surface area contributed by atoms with Crippen molar-refractivity contribution in [2.75, 3.05) is 5.32 Å². The van der Waals surface area contributed by atoms with Gasteiger partial charge in [-0.15, -0.1) is 0 Å². The van der Waals surface area contributed by atoms with Crippen molar-refractivity contribution in [2.24, 2.45) is 5.73 Å². The summed E-state index contributed by atoms with van der Waals surface area (Å²) in [6.45, 7) is 7.50. The predicted octanol–water partition coefficient (Wildman–Crippen LogP) is 2.65. The van der Waals surface area contributed by atoms with Crippen molar-refractivity contribution in [2.45, 2.75) is 51.9 Å². The molecule has 0 radical (unpaired) electrons. The van der Waals surface area contributed by atoms with Crippen molar-refractivity contribution < 1.29 is 14.3 Å². The summed E-state index contributed by atoms with van der Waals surface area (Å²) in [4.78, 5) is 11.8. The van der Waals surface area contributed by atoms with Crippen molar-refractivity contribution in [1.82, 2.24) is 0 Å². The Balaban J connectivity index is 1.97. The molecule has 0 unspecified atom stereocenters. The molecule has 0 saturated carbocycles. The fraction of sp³-hybridized carbons (Fsp3) is 0.533. The fourth-order valence-electron chi connectivity index (χ4n) is 1.96. The maximum absolute atomic E-state index is 11.8. The number of hydrogen-bond donors (Lipinski definition) is 2. The molecular weight excluding hydrogens is 256 g/mol. The molecule has 5 nitrogen and oxygen atoms in total. The van der Waals surface area contributed by atoms with Gasteiger partial charge in [-0.25, -0.2) is 0 Å². The highest BCUT2D eigenvalue weighted by Crippen LogP contribution is 2.40. The molecule has 1 aliphatic rings. The molecule has 5 heteroatoms. The summed E-state index contributed by atoms with van der Waals surface area (Å²) in [6, 6.07) is 5.37. The number of ether oxygens (including phenoxy) is 2. The zero-order chi connectivity index (χ0) is 15.0. The Morgan fingerprint density at radius 3 is 2.60 bits per heavy atom.